The first-order chi connectivity index (χ1) is 14.7. The second-order valence-electron chi connectivity index (χ2n) is 7.41. The highest BCUT2D eigenvalue weighted by Crippen LogP contribution is 2.24. The lowest BCUT2D eigenvalue weighted by molar-refractivity contribution is 0.0531. The summed E-state index contributed by atoms with van der Waals surface area (Å²) in [6.07, 6.45) is 0. The van der Waals surface area contributed by atoms with Gasteiger partial charge in [0.2, 0.25) is 0 Å². The van der Waals surface area contributed by atoms with Gasteiger partial charge < -0.3 is 20.3 Å². The van der Waals surface area contributed by atoms with Crippen molar-refractivity contribution in [1.82, 2.24) is 20.5 Å². The average Bonchev–Trinajstić information content (AvgIpc) is 3.10. The molecule has 10 heteroatoms. The smallest absolute Gasteiger partial charge is 0.350 e. The minimum absolute atomic E-state index is 0. The van der Waals surface area contributed by atoms with E-state index in [1.807, 2.05) is 38.9 Å². The number of hydrogen-bond acceptors (Lipinski definition) is 6. The molecule has 0 saturated carbocycles. The zero-order valence-electron chi connectivity index (χ0n) is 19.5. The number of rotatable bonds is 9. The van der Waals surface area contributed by atoms with Gasteiger partial charge in [0, 0.05) is 18.7 Å². The highest BCUT2D eigenvalue weighted by molar-refractivity contribution is 14.0. The molecule has 178 valence electrons. The molecule has 1 atom stereocenters. The maximum absolute atomic E-state index is 14.0. The van der Waals surface area contributed by atoms with Gasteiger partial charge in [0.1, 0.15) is 15.7 Å². The largest absolute Gasteiger partial charge is 0.462 e. The number of ether oxygens (including phenoxy) is 1. The van der Waals surface area contributed by atoms with Crippen LogP contribution in [0.25, 0.3) is 0 Å². The van der Waals surface area contributed by atoms with E-state index in [-0.39, 0.29) is 41.8 Å². The van der Waals surface area contributed by atoms with Crippen molar-refractivity contribution in [3.8, 4) is 0 Å². The number of aryl methyl sites for hydroxylation is 1. The Balaban J connectivity index is 0.00000512. The third-order valence-corrected chi connectivity index (χ3v) is 5.68. The van der Waals surface area contributed by atoms with Crippen molar-refractivity contribution in [2.75, 3.05) is 27.2 Å². The topological polar surface area (TPSA) is 78.9 Å². The van der Waals surface area contributed by atoms with Crippen LogP contribution in [0.4, 0.5) is 4.39 Å². The van der Waals surface area contributed by atoms with E-state index in [0.29, 0.717) is 48.3 Å². The van der Waals surface area contributed by atoms with E-state index < -0.39 is 0 Å². The number of hydrogen-bond donors (Lipinski definition) is 2. The lowest BCUT2D eigenvalue weighted by atomic mass is 10.1. The molecule has 32 heavy (non-hydrogen) atoms. The summed E-state index contributed by atoms with van der Waals surface area (Å²) in [6.45, 7) is 9.50. The number of nitrogens with one attached hydrogen (secondary N) is 2. The van der Waals surface area contributed by atoms with Crippen molar-refractivity contribution in [3.05, 3.63) is 50.7 Å². The summed E-state index contributed by atoms with van der Waals surface area (Å²) >= 11 is 1.32. The quantitative estimate of drug-likeness (QED) is 0.201. The molecule has 0 radical (unpaired) electrons. The van der Waals surface area contributed by atoms with Crippen molar-refractivity contribution in [3.63, 3.8) is 0 Å². The molecule has 1 unspecified atom stereocenters. The molecule has 7 nitrogen and oxygen atoms in total. The van der Waals surface area contributed by atoms with E-state index in [1.54, 1.807) is 19.9 Å². The molecule has 0 amide bonds. The van der Waals surface area contributed by atoms with E-state index in [4.69, 9.17) is 4.74 Å². The molecule has 0 fully saturated rings. The van der Waals surface area contributed by atoms with Crippen molar-refractivity contribution < 1.29 is 13.9 Å². The van der Waals surface area contributed by atoms with Gasteiger partial charge in [-0.05, 0) is 59.5 Å². The van der Waals surface area contributed by atoms with E-state index in [0.717, 1.165) is 10.6 Å². The van der Waals surface area contributed by atoms with E-state index in [9.17, 15) is 9.18 Å². The summed E-state index contributed by atoms with van der Waals surface area (Å²) in [7, 11) is 3.82. The molecular formula is C22H33FIN5O2S. The maximum atomic E-state index is 14.0. The molecule has 0 saturated heterocycles. The van der Waals surface area contributed by atoms with Crippen molar-refractivity contribution in [1.29, 1.82) is 0 Å². The zero-order valence-corrected chi connectivity index (χ0v) is 22.6. The number of guanidine groups is 1. The summed E-state index contributed by atoms with van der Waals surface area (Å²) in [6, 6.07) is 4.94. The number of carbonyl (C=O) groups excluding carboxylic acids is 1. The summed E-state index contributed by atoms with van der Waals surface area (Å²) < 4.78 is 19.1. The Kier molecular flexibility index (Phi) is 12.1. The van der Waals surface area contributed by atoms with Crippen LogP contribution < -0.4 is 10.6 Å². The van der Waals surface area contributed by atoms with Gasteiger partial charge in [-0.3, -0.25) is 0 Å². The number of benzene rings is 1. The molecule has 1 heterocycles. The van der Waals surface area contributed by atoms with Gasteiger partial charge in [0.25, 0.3) is 0 Å². The number of halogens is 2. The molecule has 2 aromatic rings. The Hall–Kier alpha value is -1.79. The third-order valence-electron chi connectivity index (χ3n) is 4.36. The third kappa shape index (κ3) is 8.28. The van der Waals surface area contributed by atoms with E-state index in [1.165, 1.54) is 17.4 Å². The SMILES string of the molecule is CCNC(=NCc1ccc(F)c(CN(C)C)c1)NC(C)c1nc(C)c(C(=O)OCC)s1.I. The molecule has 1 aromatic carbocycles. The minimum atomic E-state index is -0.346. The van der Waals surface area contributed by atoms with Gasteiger partial charge in [-0.2, -0.15) is 0 Å². The summed E-state index contributed by atoms with van der Waals surface area (Å²) in [4.78, 5) is 23.7. The number of thiazole rings is 1. The Morgan fingerprint density at radius 3 is 2.69 bits per heavy atom. The Bertz CT molecular complexity index is 920. The van der Waals surface area contributed by atoms with Crippen molar-refractivity contribution in [2.45, 2.75) is 46.8 Å². The molecule has 0 aliphatic rings. The predicted octanol–water partition coefficient (Wildman–Crippen LogP) is 4.26. The van der Waals surface area contributed by atoms with Crippen LogP contribution in [-0.2, 0) is 17.8 Å². The number of carbonyl (C=O) groups is 1. The van der Waals surface area contributed by atoms with Crippen LogP contribution in [0, 0.1) is 12.7 Å². The lowest BCUT2D eigenvalue weighted by Crippen LogP contribution is -2.38. The number of esters is 1. The first kappa shape index (κ1) is 28.2. The average molecular weight is 578 g/mol. The van der Waals surface area contributed by atoms with E-state index >= 15 is 0 Å². The van der Waals surface area contributed by atoms with Gasteiger partial charge in [-0.1, -0.05) is 6.07 Å². The van der Waals surface area contributed by atoms with Crippen molar-refractivity contribution >= 4 is 47.2 Å². The van der Waals surface area contributed by atoms with Crippen LogP contribution in [0.5, 0.6) is 0 Å². The van der Waals surface area contributed by atoms with Crippen molar-refractivity contribution in [2.24, 2.45) is 4.99 Å². The lowest BCUT2D eigenvalue weighted by Gasteiger charge is -2.16. The summed E-state index contributed by atoms with van der Waals surface area (Å²) in [5, 5.41) is 7.32. The van der Waals surface area contributed by atoms with Gasteiger partial charge in [0.15, 0.2) is 5.96 Å². The maximum Gasteiger partial charge on any atom is 0.350 e. The Morgan fingerprint density at radius 2 is 2.06 bits per heavy atom. The zero-order chi connectivity index (χ0) is 23.0. The molecule has 0 aliphatic heterocycles. The monoisotopic (exact) mass is 577 g/mol. The standard InChI is InChI=1S/C22H32FN5O2S.HI/c1-7-24-22(25-12-16-9-10-18(23)17(11-16)13-28(5)6)27-15(4)20-26-14(3)19(31-20)21(29)30-8-2;/h9-11,15H,7-8,12-13H2,1-6H3,(H2,24,25,27);1H. The summed E-state index contributed by atoms with van der Waals surface area (Å²) in [5.41, 5.74) is 2.24. The summed E-state index contributed by atoms with van der Waals surface area (Å²) in [5.74, 6) is 0.0667. The predicted molar refractivity (Wildman–Crippen MR) is 138 cm³/mol. The molecule has 0 aliphatic carbocycles. The van der Waals surface area contributed by atoms with Crippen LogP contribution in [0.1, 0.15) is 58.3 Å². The number of aromatic nitrogens is 1. The first-order valence-corrected chi connectivity index (χ1v) is 11.2. The first-order valence-electron chi connectivity index (χ1n) is 10.4. The molecule has 2 rings (SSSR count). The van der Waals surface area contributed by atoms with Crippen LogP contribution in [-0.4, -0.2) is 49.1 Å². The highest BCUT2D eigenvalue weighted by Gasteiger charge is 2.20. The molecule has 0 spiro atoms. The van der Waals surface area contributed by atoms with Crippen LogP contribution in [0.2, 0.25) is 0 Å². The Labute approximate surface area is 210 Å². The normalized spacial score (nSPS) is 12.3. The fourth-order valence-electron chi connectivity index (χ4n) is 2.93. The Morgan fingerprint density at radius 1 is 1.34 bits per heavy atom. The van der Waals surface area contributed by atoms with Gasteiger partial charge >= 0.3 is 5.97 Å². The second-order valence-corrected chi connectivity index (χ2v) is 8.44. The molecular weight excluding hydrogens is 544 g/mol. The number of aliphatic imine (C=N–C) groups is 1. The van der Waals surface area contributed by atoms with E-state index in [2.05, 4.69) is 20.6 Å². The van der Waals surface area contributed by atoms with Crippen LogP contribution in [0.3, 0.4) is 0 Å². The molecule has 2 N–H and O–H groups in total. The van der Waals surface area contributed by atoms with Crippen LogP contribution in [0.15, 0.2) is 23.2 Å². The van der Waals surface area contributed by atoms with Gasteiger partial charge in [0.05, 0.1) is 24.9 Å². The second kappa shape index (κ2) is 13.7. The van der Waals surface area contributed by atoms with Gasteiger partial charge in [-0.15, -0.1) is 35.3 Å². The van der Waals surface area contributed by atoms with Crippen LogP contribution >= 0.6 is 35.3 Å². The fourth-order valence-corrected chi connectivity index (χ4v) is 3.90. The molecule has 0 bridgehead atoms. The van der Waals surface area contributed by atoms with Gasteiger partial charge in [-0.25, -0.2) is 19.2 Å². The minimum Gasteiger partial charge on any atom is -0.462 e. The molecule has 1 aromatic heterocycles. The number of nitrogens with zero attached hydrogens (tertiary/aromatic N) is 3. The highest BCUT2D eigenvalue weighted by atomic mass is 127. The fraction of sp³-hybridized carbons (Fsp3) is 0.500.